The van der Waals surface area contributed by atoms with Crippen LogP contribution in [-0.2, 0) is 4.79 Å². The van der Waals surface area contributed by atoms with Gasteiger partial charge in [0.1, 0.15) is 0 Å². The Morgan fingerprint density at radius 2 is 1.72 bits per heavy atom. The Hall–Kier alpha value is -0.610. The number of hydrogen-bond donors (Lipinski definition) is 3. The Balaban J connectivity index is 1.53. The van der Waals surface area contributed by atoms with E-state index < -0.39 is 0 Å². The number of aliphatic hydroxyl groups is 2. The summed E-state index contributed by atoms with van der Waals surface area (Å²) in [7, 11) is 1.73. The molecule has 29 heavy (non-hydrogen) atoms. The molecule has 4 aliphatic carbocycles. The molecule has 4 heteroatoms. The van der Waals surface area contributed by atoms with Crippen molar-refractivity contribution in [2.75, 3.05) is 7.05 Å². The van der Waals surface area contributed by atoms with Gasteiger partial charge in [-0.15, -0.1) is 0 Å². The van der Waals surface area contributed by atoms with E-state index in [2.05, 4.69) is 26.1 Å². The van der Waals surface area contributed by atoms with Gasteiger partial charge in [-0.25, -0.2) is 0 Å². The zero-order valence-corrected chi connectivity index (χ0v) is 19.0. The third-order valence-corrected chi connectivity index (χ3v) is 10.5. The monoisotopic (exact) mass is 405 g/mol. The van der Waals surface area contributed by atoms with Crippen molar-refractivity contribution in [3.05, 3.63) is 0 Å². The van der Waals surface area contributed by atoms with Crippen LogP contribution in [0.3, 0.4) is 0 Å². The molecular formula is C25H43NO3. The summed E-state index contributed by atoms with van der Waals surface area (Å²) in [5.41, 5.74) is 0.606. The Labute approximate surface area is 177 Å². The average molecular weight is 406 g/mol. The normalized spacial score (nSPS) is 50.2. The summed E-state index contributed by atoms with van der Waals surface area (Å²) in [5.74, 6) is 3.53. The number of rotatable bonds is 4. The van der Waals surface area contributed by atoms with E-state index in [0.717, 1.165) is 32.1 Å². The Morgan fingerprint density at radius 3 is 2.45 bits per heavy atom. The van der Waals surface area contributed by atoms with Gasteiger partial charge in [-0.2, -0.15) is 0 Å². The van der Waals surface area contributed by atoms with E-state index in [1.165, 1.54) is 25.7 Å². The van der Waals surface area contributed by atoms with Gasteiger partial charge in [-0.1, -0.05) is 20.8 Å². The largest absolute Gasteiger partial charge is 0.393 e. The fourth-order valence-electron chi connectivity index (χ4n) is 8.86. The summed E-state index contributed by atoms with van der Waals surface area (Å²) in [6, 6.07) is 0. The lowest BCUT2D eigenvalue weighted by Gasteiger charge is -2.62. The van der Waals surface area contributed by atoms with Crippen molar-refractivity contribution < 1.29 is 15.0 Å². The molecule has 0 aromatic carbocycles. The van der Waals surface area contributed by atoms with Gasteiger partial charge in [0.15, 0.2) is 0 Å². The highest BCUT2D eigenvalue weighted by Crippen LogP contribution is 2.68. The lowest BCUT2D eigenvalue weighted by atomic mass is 9.43. The zero-order chi connectivity index (χ0) is 21.0. The van der Waals surface area contributed by atoms with Gasteiger partial charge in [0.25, 0.3) is 0 Å². The maximum atomic E-state index is 11.8. The molecule has 4 nitrogen and oxygen atoms in total. The third kappa shape index (κ3) is 3.46. The molecular weight excluding hydrogens is 362 g/mol. The number of nitrogens with one attached hydrogen (secondary N) is 1. The van der Waals surface area contributed by atoms with E-state index in [-0.39, 0.29) is 18.1 Å². The average Bonchev–Trinajstić information content (AvgIpc) is 3.04. The molecule has 1 amide bonds. The molecule has 4 unspecified atom stereocenters. The van der Waals surface area contributed by atoms with Crippen LogP contribution in [-0.4, -0.2) is 35.4 Å². The van der Waals surface area contributed by atoms with Gasteiger partial charge in [0.05, 0.1) is 12.2 Å². The summed E-state index contributed by atoms with van der Waals surface area (Å²) < 4.78 is 0. The first-order valence-electron chi connectivity index (χ1n) is 12.3. The maximum absolute atomic E-state index is 11.8. The molecule has 166 valence electrons. The lowest BCUT2D eigenvalue weighted by molar-refractivity contribution is -0.174. The fourth-order valence-corrected chi connectivity index (χ4v) is 8.86. The SMILES string of the molecule is CNC(=O)CC[C@@H](C)[C@H]1CCC2C3C(CC[C@@]21C)[C@@]1(C)CC[C@@H](O)CC1C[C@H]3O. The predicted molar refractivity (Wildman–Crippen MR) is 115 cm³/mol. The van der Waals surface area contributed by atoms with Crippen LogP contribution in [0.15, 0.2) is 0 Å². The van der Waals surface area contributed by atoms with Crippen molar-refractivity contribution in [3.8, 4) is 0 Å². The second kappa shape index (κ2) is 7.82. The van der Waals surface area contributed by atoms with E-state index in [0.29, 0.717) is 52.8 Å². The van der Waals surface area contributed by atoms with E-state index in [9.17, 15) is 15.0 Å². The van der Waals surface area contributed by atoms with Crippen LogP contribution >= 0.6 is 0 Å². The first kappa shape index (κ1) is 21.6. The Kier molecular flexibility index (Phi) is 5.83. The first-order chi connectivity index (χ1) is 13.7. The van der Waals surface area contributed by atoms with E-state index in [1.807, 2.05) is 0 Å². The number of fused-ring (bicyclic) bond motifs is 5. The molecule has 0 spiro atoms. The smallest absolute Gasteiger partial charge is 0.219 e. The summed E-state index contributed by atoms with van der Waals surface area (Å²) in [4.78, 5) is 11.8. The van der Waals surface area contributed by atoms with Crippen molar-refractivity contribution in [2.24, 2.45) is 46.3 Å². The summed E-state index contributed by atoms with van der Waals surface area (Å²) in [6.45, 7) is 7.34. The summed E-state index contributed by atoms with van der Waals surface area (Å²) in [6.07, 6.45) is 10.1. The highest BCUT2D eigenvalue weighted by Gasteiger charge is 2.62. The molecule has 0 aliphatic heterocycles. The molecule has 4 aliphatic rings. The van der Waals surface area contributed by atoms with Crippen molar-refractivity contribution in [1.82, 2.24) is 5.32 Å². The van der Waals surface area contributed by atoms with Gasteiger partial charge in [0, 0.05) is 13.5 Å². The van der Waals surface area contributed by atoms with Crippen LogP contribution in [0.25, 0.3) is 0 Å². The second-order valence-electron chi connectivity index (χ2n) is 11.6. The maximum Gasteiger partial charge on any atom is 0.219 e. The fraction of sp³-hybridized carbons (Fsp3) is 0.960. The Morgan fingerprint density at radius 1 is 1.03 bits per heavy atom. The van der Waals surface area contributed by atoms with Crippen LogP contribution in [0.1, 0.15) is 85.0 Å². The van der Waals surface area contributed by atoms with Crippen LogP contribution in [0.2, 0.25) is 0 Å². The zero-order valence-electron chi connectivity index (χ0n) is 19.0. The molecule has 0 aromatic heterocycles. The minimum absolute atomic E-state index is 0.154. The van der Waals surface area contributed by atoms with Gasteiger partial charge in [-0.3, -0.25) is 4.79 Å². The van der Waals surface area contributed by atoms with Crippen LogP contribution < -0.4 is 5.32 Å². The highest BCUT2D eigenvalue weighted by atomic mass is 16.3. The molecule has 0 saturated heterocycles. The molecule has 0 heterocycles. The van der Waals surface area contributed by atoms with Crippen LogP contribution in [0.4, 0.5) is 0 Å². The number of amides is 1. The van der Waals surface area contributed by atoms with Crippen molar-refractivity contribution in [3.63, 3.8) is 0 Å². The van der Waals surface area contributed by atoms with Gasteiger partial charge in [-0.05, 0) is 104 Å². The molecule has 4 saturated carbocycles. The van der Waals surface area contributed by atoms with Gasteiger partial charge < -0.3 is 15.5 Å². The van der Waals surface area contributed by atoms with Gasteiger partial charge in [0.2, 0.25) is 5.91 Å². The van der Waals surface area contributed by atoms with Crippen LogP contribution in [0, 0.1) is 46.3 Å². The molecule has 0 bridgehead atoms. The predicted octanol–water partition coefficient (Wildman–Crippen LogP) is 4.14. The Bertz CT molecular complexity index is 623. The molecule has 0 aromatic rings. The third-order valence-electron chi connectivity index (χ3n) is 10.5. The van der Waals surface area contributed by atoms with Crippen LogP contribution in [0.5, 0.6) is 0 Å². The minimum Gasteiger partial charge on any atom is -0.393 e. The molecule has 0 radical (unpaired) electrons. The number of carbonyl (C=O) groups is 1. The van der Waals surface area contributed by atoms with Crippen molar-refractivity contribution in [2.45, 2.75) is 97.2 Å². The number of carbonyl (C=O) groups excluding carboxylic acids is 1. The standard InChI is InChI=1S/C25H43NO3/c1-15(5-8-22(29)26-4)18-6-7-19-23-20(10-12-25(18,19)3)24(2)11-9-17(27)13-16(24)14-21(23)28/h15-21,23,27-28H,5-14H2,1-4H3,(H,26,29)/t15-,16?,17-,18-,19?,20?,21-,23?,24+,25-/m1/s1. The lowest BCUT2D eigenvalue weighted by Crippen LogP contribution is -2.58. The molecule has 10 atom stereocenters. The van der Waals surface area contributed by atoms with Crippen molar-refractivity contribution in [1.29, 1.82) is 0 Å². The van der Waals surface area contributed by atoms with Gasteiger partial charge >= 0.3 is 0 Å². The second-order valence-corrected chi connectivity index (χ2v) is 11.6. The topological polar surface area (TPSA) is 69.6 Å². The molecule has 3 N–H and O–H groups in total. The highest BCUT2D eigenvalue weighted by molar-refractivity contribution is 5.75. The van der Waals surface area contributed by atoms with Crippen molar-refractivity contribution >= 4 is 5.91 Å². The number of hydrogen-bond acceptors (Lipinski definition) is 3. The van der Waals surface area contributed by atoms with E-state index in [4.69, 9.17) is 0 Å². The van der Waals surface area contributed by atoms with E-state index in [1.54, 1.807) is 7.05 Å². The molecule has 4 fully saturated rings. The first-order valence-corrected chi connectivity index (χ1v) is 12.3. The molecule has 4 rings (SSSR count). The summed E-state index contributed by atoms with van der Waals surface area (Å²) >= 11 is 0. The minimum atomic E-state index is -0.201. The quantitative estimate of drug-likeness (QED) is 0.658. The number of aliphatic hydroxyl groups excluding tert-OH is 2. The summed E-state index contributed by atoms with van der Waals surface area (Å²) in [5, 5.41) is 24.3. The van der Waals surface area contributed by atoms with E-state index >= 15 is 0 Å².